The van der Waals surface area contributed by atoms with E-state index in [9.17, 15) is 0 Å². The van der Waals surface area contributed by atoms with Crippen LogP contribution in [0.2, 0.25) is 37.4 Å². The molecular weight excluding hydrogens is 483 g/mol. The molecule has 2 heteroatoms. The second kappa shape index (κ2) is 12.5. The predicted octanol–water partition coefficient (Wildman–Crippen LogP) is 9.95. The van der Waals surface area contributed by atoms with Gasteiger partial charge in [0.2, 0.25) is 0 Å². The van der Waals surface area contributed by atoms with Gasteiger partial charge >= 0.3 is 193 Å². The summed E-state index contributed by atoms with van der Waals surface area (Å²) < 4.78 is 6.36. The molecule has 30 heavy (non-hydrogen) atoms. The first kappa shape index (κ1) is 25.7. The molecule has 0 saturated carbocycles. The molecule has 0 saturated heterocycles. The van der Waals surface area contributed by atoms with Crippen molar-refractivity contribution in [1.82, 2.24) is 0 Å². The van der Waals surface area contributed by atoms with Crippen LogP contribution in [-0.2, 0) is 0 Å². The van der Waals surface area contributed by atoms with Crippen LogP contribution < -0.4 is 0 Å². The Hall–Kier alpha value is -0.544. The van der Waals surface area contributed by atoms with Crippen LogP contribution >= 0.6 is 0 Å². The summed E-state index contributed by atoms with van der Waals surface area (Å²) in [4.78, 5) is 0. The number of unbranched alkanes of at least 4 members (excludes halogenated alkanes) is 3. The van der Waals surface area contributed by atoms with Crippen LogP contribution in [0.25, 0.3) is 16.8 Å². The summed E-state index contributed by atoms with van der Waals surface area (Å²) in [5.41, 5.74) is 1.45. The van der Waals surface area contributed by atoms with E-state index in [4.69, 9.17) is 0 Å². The fraction of sp³-hybridized carbons (Fsp3) is 0.571. The molecule has 0 aliphatic rings. The Balaban J connectivity index is 2.50. The summed E-state index contributed by atoms with van der Waals surface area (Å²) >= 11 is -2.20. The normalized spacial score (nSPS) is 13.2. The molecule has 2 aromatic carbocycles. The van der Waals surface area contributed by atoms with Gasteiger partial charge in [0.15, 0.2) is 0 Å². The van der Waals surface area contributed by atoms with E-state index in [1.807, 2.05) is 5.20 Å². The molecule has 0 bridgehead atoms. The van der Waals surface area contributed by atoms with Gasteiger partial charge in [0.05, 0.1) is 0 Å². The topological polar surface area (TPSA) is 0 Å². The zero-order valence-electron chi connectivity index (χ0n) is 20.7. The Labute approximate surface area is 192 Å². The van der Waals surface area contributed by atoms with E-state index in [0.29, 0.717) is 0 Å². The van der Waals surface area contributed by atoms with Crippen molar-refractivity contribution in [3.63, 3.8) is 0 Å². The van der Waals surface area contributed by atoms with E-state index in [-0.39, 0.29) is 0 Å². The Morgan fingerprint density at radius 2 is 1.30 bits per heavy atom. The maximum absolute atomic E-state index is 2.66. The fourth-order valence-corrected chi connectivity index (χ4v) is 28.7. The van der Waals surface area contributed by atoms with E-state index in [1.54, 1.807) is 13.3 Å². The number of fused-ring (bicyclic) bond motifs is 1. The summed E-state index contributed by atoms with van der Waals surface area (Å²) in [5.74, 6) is 0. The van der Waals surface area contributed by atoms with Crippen molar-refractivity contribution in [1.29, 1.82) is 0 Å². The monoisotopic (exact) mass is 530 g/mol. The van der Waals surface area contributed by atoms with E-state index < -0.39 is 26.5 Å². The molecule has 0 spiro atoms. The van der Waals surface area contributed by atoms with Crippen molar-refractivity contribution >= 4 is 43.3 Å². The van der Waals surface area contributed by atoms with Crippen molar-refractivity contribution in [2.45, 2.75) is 96.7 Å². The van der Waals surface area contributed by atoms with Gasteiger partial charge in [0, 0.05) is 0 Å². The molecule has 0 heterocycles. The number of rotatable bonds is 13. The minimum absolute atomic E-state index is 1.37. The molecule has 0 unspecified atom stereocenters. The molecule has 0 amide bonds. The van der Waals surface area contributed by atoms with Gasteiger partial charge < -0.3 is 0 Å². The molecule has 0 radical (unpaired) electrons. The van der Waals surface area contributed by atoms with Crippen molar-refractivity contribution in [2.75, 3.05) is 0 Å². The molecule has 0 N–H and O–H groups in total. The molecule has 0 fully saturated rings. The molecule has 0 nitrogen and oxygen atoms in total. The molecule has 0 aliphatic heterocycles. The minimum atomic E-state index is -2.20. The molecule has 0 aromatic heterocycles. The van der Waals surface area contributed by atoms with Gasteiger partial charge in [-0.25, -0.2) is 0 Å². The van der Waals surface area contributed by atoms with Crippen molar-refractivity contribution in [3.8, 4) is 0 Å². The van der Waals surface area contributed by atoms with Gasteiger partial charge in [-0.15, -0.1) is 0 Å². The van der Waals surface area contributed by atoms with E-state index >= 15 is 0 Å². The van der Waals surface area contributed by atoms with Gasteiger partial charge in [0.1, 0.15) is 0 Å². The summed E-state index contributed by atoms with van der Waals surface area (Å²) in [7, 11) is -1.37. The van der Waals surface area contributed by atoms with Crippen LogP contribution in [0.5, 0.6) is 0 Å². The van der Waals surface area contributed by atoms with Gasteiger partial charge in [-0.05, 0) is 0 Å². The third-order valence-corrected chi connectivity index (χ3v) is 25.5. The van der Waals surface area contributed by atoms with Crippen molar-refractivity contribution in [2.24, 2.45) is 0 Å². The zero-order chi connectivity index (χ0) is 22.0. The molecule has 2 rings (SSSR count). The standard InChI is InChI=1S/C16H19Si.3C4H9.Sn/c1-13(17(2,3)4)12-15-10-7-9-14-8-5-6-11-16(14)15;3*1-3-4-2;/h5-12H,1H2,2-4H3;3*1,3-4H2,2H3;/b13-12+;;;;. The molecular formula is C28H46SiSn. The third-order valence-electron chi connectivity index (χ3n) is 6.86. The second-order valence-electron chi connectivity index (χ2n) is 10.5. The number of benzene rings is 2. The van der Waals surface area contributed by atoms with Gasteiger partial charge in [-0.1, -0.05) is 0 Å². The summed E-state index contributed by atoms with van der Waals surface area (Å²) in [5, 5.41) is 4.66. The average molecular weight is 529 g/mol. The molecule has 0 aliphatic carbocycles. The van der Waals surface area contributed by atoms with Crippen LogP contribution in [0.1, 0.15) is 64.9 Å². The summed E-state index contributed by atoms with van der Waals surface area (Å²) in [6.07, 6.45) is 11.2. The molecule has 0 atom stereocenters. The SMILES string of the molecule is CCC[CH2][Sn]([CH2]CCC)([CH2]CCC)[CH2]/C(=C\c1cccc2ccccc12)[Si](C)(C)C. The third kappa shape index (κ3) is 7.55. The van der Waals surface area contributed by atoms with Crippen LogP contribution in [-0.4, -0.2) is 26.5 Å². The Bertz CT molecular complexity index is 773. The second-order valence-corrected chi connectivity index (χ2v) is 29.5. The predicted molar refractivity (Wildman–Crippen MR) is 145 cm³/mol. The zero-order valence-corrected chi connectivity index (χ0v) is 24.5. The Morgan fingerprint density at radius 1 is 0.767 bits per heavy atom. The Morgan fingerprint density at radius 3 is 1.83 bits per heavy atom. The number of hydrogen-bond acceptors (Lipinski definition) is 0. The summed E-state index contributed by atoms with van der Waals surface area (Å²) in [6, 6.07) is 15.8. The van der Waals surface area contributed by atoms with Crippen LogP contribution in [0.3, 0.4) is 0 Å². The summed E-state index contributed by atoms with van der Waals surface area (Å²) in [6.45, 7) is 14.9. The van der Waals surface area contributed by atoms with Crippen LogP contribution in [0.4, 0.5) is 0 Å². The molecule has 2 aromatic rings. The van der Waals surface area contributed by atoms with Gasteiger partial charge in [-0.2, -0.15) is 0 Å². The van der Waals surface area contributed by atoms with Crippen LogP contribution in [0.15, 0.2) is 47.7 Å². The average Bonchev–Trinajstić information content (AvgIpc) is 2.73. The quantitative estimate of drug-likeness (QED) is 0.227. The Kier molecular flexibility index (Phi) is 10.7. The first-order chi connectivity index (χ1) is 14.3. The van der Waals surface area contributed by atoms with E-state index in [2.05, 4.69) is 89.0 Å². The maximum atomic E-state index is 2.66. The van der Waals surface area contributed by atoms with Gasteiger partial charge in [0.25, 0.3) is 0 Å². The van der Waals surface area contributed by atoms with Crippen LogP contribution in [0, 0.1) is 0 Å². The van der Waals surface area contributed by atoms with Crippen molar-refractivity contribution in [3.05, 3.63) is 53.2 Å². The van der Waals surface area contributed by atoms with Crippen molar-refractivity contribution < 1.29 is 0 Å². The van der Waals surface area contributed by atoms with Gasteiger partial charge in [-0.3, -0.25) is 0 Å². The first-order valence-electron chi connectivity index (χ1n) is 12.5. The fourth-order valence-electron chi connectivity index (χ4n) is 4.80. The van der Waals surface area contributed by atoms with E-state index in [1.165, 1.54) is 59.3 Å². The van der Waals surface area contributed by atoms with E-state index in [0.717, 1.165) is 0 Å². The molecule has 166 valence electrons. The number of allylic oxidation sites excluding steroid dienone is 1. The number of hydrogen-bond donors (Lipinski definition) is 0. The first-order valence-corrected chi connectivity index (χ1v) is 24.1.